The summed E-state index contributed by atoms with van der Waals surface area (Å²) in [6, 6.07) is 17.0. The number of rotatable bonds is 6. The lowest BCUT2D eigenvalue weighted by atomic mass is 10.1. The zero-order chi connectivity index (χ0) is 19.9. The Morgan fingerprint density at radius 3 is 2.18 bits per heavy atom. The number of benzene rings is 2. The first kappa shape index (κ1) is 19.9. The van der Waals surface area contributed by atoms with Gasteiger partial charge >= 0.3 is 0 Å². The van der Waals surface area contributed by atoms with Crippen LogP contribution in [0.2, 0.25) is 0 Å². The number of nitrogens with two attached hydrogens (primary N) is 1. The van der Waals surface area contributed by atoms with Gasteiger partial charge in [0.2, 0.25) is 5.91 Å². The average Bonchev–Trinajstić information content (AvgIpc) is 2.72. The normalized spacial score (nSPS) is 15.2. The van der Waals surface area contributed by atoms with E-state index in [0.717, 1.165) is 11.3 Å². The minimum Gasteiger partial charge on any atom is -0.489 e. The Bertz CT molecular complexity index is 782. The Morgan fingerprint density at radius 2 is 1.57 bits per heavy atom. The maximum atomic E-state index is 12.7. The molecule has 2 aromatic carbocycles. The monoisotopic (exact) mass is 381 g/mol. The minimum absolute atomic E-state index is 0.0195. The Balaban J connectivity index is 1.50. The maximum absolute atomic E-state index is 12.7. The number of carbonyl (C=O) groups is 2. The van der Waals surface area contributed by atoms with Gasteiger partial charge in [-0.2, -0.15) is 0 Å². The molecule has 2 amide bonds. The van der Waals surface area contributed by atoms with Crippen LogP contribution in [0.5, 0.6) is 5.75 Å². The fraction of sp³-hybridized carbons (Fsp3) is 0.364. The lowest BCUT2D eigenvalue weighted by molar-refractivity contribution is -0.132. The molecule has 0 saturated carbocycles. The van der Waals surface area contributed by atoms with Gasteiger partial charge in [-0.1, -0.05) is 30.3 Å². The van der Waals surface area contributed by atoms with E-state index in [9.17, 15) is 9.59 Å². The van der Waals surface area contributed by atoms with Crippen LogP contribution in [0.15, 0.2) is 54.6 Å². The molecular formula is C22H27N3O3. The SMILES string of the molecule is CC(N)CC(=O)N1CCN(C(=O)c2ccc(OCc3ccccc3)cc2)CC1. The van der Waals surface area contributed by atoms with Crippen molar-refractivity contribution < 1.29 is 14.3 Å². The van der Waals surface area contributed by atoms with Gasteiger partial charge in [0, 0.05) is 44.2 Å². The third kappa shape index (κ3) is 5.33. The van der Waals surface area contributed by atoms with Crippen molar-refractivity contribution in [1.29, 1.82) is 0 Å². The molecule has 1 aliphatic rings. The molecular weight excluding hydrogens is 354 g/mol. The van der Waals surface area contributed by atoms with Crippen LogP contribution in [-0.4, -0.2) is 53.8 Å². The number of hydrogen-bond donors (Lipinski definition) is 1. The molecule has 148 valence electrons. The Kier molecular flexibility index (Phi) is 6.66. The van der Waals surface area contributed by atoms with Crippen molar-refractivity contribution >= 4 is 11.8 Å². The maximum Gasteiger partial charge on any atom is 0.253 e. The highest BCUT2D eigenvalue weighted by Gasteiger charge is 2.25. The summed E-state index contributed by atoms with van der Waals surface area (Å²) >= 11 is 0. The van der Waals surface area contributed by atoms with Crippen molar-refractivity contribution in [3.63, 3.8) is 0 Å². The van der Waals surface area contributed by atoms with Gasteiger partial charge in [0.05, 0.1) is 0 Å². The predicted octanol–water partition coefficient (Wildman–Crippen LogP) is 2.29. The van der Waals surface area contributed by atoms with E-state index in [1.807, 2.05) is 49.4 Å². The summed E-state index contributed by atoms with van der Waals surface area (Å²) in [5, 5.41) is 0. The number of ether oxygens (including phenoxy) is 1. The topological polar surface area (TPSA) is 75.9 Å². The van der Waals surface area contributed by atoms with Crippen LogP contribution in [0.4, 0.5) is 0 Å². The molecule has 0 spiro atoms. The molecule has 3 rings (SSSR count). The van der Waals surface area contributed by atoms with E-state index in [1.165, 1.54) is 0 Å². The molecule has 1 fully saturated rings. The fourth-order valence-corrected chi connectivity index (χ4v) is 3.18. The number of carbonyl (C=O) groups excluding carboxylic acids is 2. The van der Waals surface area contributed by atoms with Crippen LogP contribution in [0.3, 0.4) is 0 Å². The van der Waals surface area contributed by atoms with Gasteiger partial charge in [0.15, 0.2) is 0 Å². The van der Waals surface area contributed by atoms with Gasteiger partial charge in [-0.05, 0) is 36.8 Å². The summed E-state index contributed by atoms with van der Waals surface area (Å²) in [5.41, 5.74) is 7.42. The molecule has 2 N–H and O–H groups in total. The molecule has 0 radical (unpaired) electrons. The number of piperazine rings is 1. The van der Waals surface area contributed by atoms with E-state index < -0.39 is 0 Å². The largest absolute Gasteiger partial charge is 0.489 e. The molecule has 1 unspecified atom stereocenters. The van der Waals surface area contributed by atoms with Crippen molar-refractivity contribution in [1.82, 2.24) is 9.80 Å². The molecule has 6 heteroatoms. The zero-order valence-corrected chi connectivity index (χ0v) is 16.2. The van der Waals surface area contributed by atoms with E-state index in [4.69, 9.17) is 10.5 Å². The Morgan fingerprint density at radius 1 is 0.964 bits per heavy atom. The summed E-state index contributed by atoms with van der Waals surface area (Å²) in [4.78, 5) is 28.4. The van der Waals surface area contributed by atoms with Crippen molar-refractivity contribution in [2.24, 2.45) is 5.73 Å². The van der Waals surface area contributed by atoms with Gasteiger partial charge < -0.3 is 20.3 Å². The van der Waals surface area contributed by atoms with E-state index in [0.29, 0.717) is 44.8 Å². The first-order chi connectivity index (χ1) is 13.5. The lowest BCUT2D eigenvalue weighted by Crippen LogP contribution is -2.51. The van der Waals surface area contributed by atoms with Crippen LogP contribution in [0.25, 0.3) is 0 Å². The number of hydrogen-bond acceptors (Lipinski definition) is 4. The highest BCUT2D eigenvalue weighted by molar-refractivity contribution is 5.94. The lowest BCUT2D eigenvalue weighted by Gasteiger charge is -2.35. The third-order valence-electron chi connectivity index (χ3n) is 4.77. The van der Waals surface area contributed by atoms with Crippen LogP contribution in [-0.2, 0) is 11.4 Å². The molecule has 28 heavy (non-hydrogen) atoms. The molecule has 1 atom stereocenters. The molecule has 1 aliphatic heterocycles. The second-order valence-electron chi connectivity index (χ2n) is 7.15. The third-order valence-corrected chi connectivity index (χ3v) is 4.77. The van der Waals surface area contributed by atoms with Crippen molar-refractivity contribution in [2.45, 2.75) is 26.0 Å². The Labute approximate surface area is 165 Å². The second-order valence-corrected chi connectivity index (χ2v) is 7.15. The van der Waals surface area contributed by atoms with Gasteiger partial charge in [-0.25, -0.2) is 0 Å². The van der Waals surface area contributed by atoms with E-state index in [1.54, 1.807) is 21.9 Å². The Hall–Kier alpha value is -2.86. The minimum atomic E-state index is -0.144. The summed E-state index contributed by atoms with van der Waals surface area (Å²) in [5.74, 6) is 0.766. The fourth-order valence-electron chi connectivity index (χ4n) is 3.18. The molecule has 0 bridgehead atoms. The summed E-state index contributed by atoms with van der Waals surface area (Å²) in [6.45, 7) is 4.49. The molecule has 1 heterocycles. The molecule has 1 saturated heterocycles. The smallest absolute Gasteiger partial charge is 0.253 e. The van der Waals surface area contributed by atoms with E-state index in [2.05, 4.69) is 0 Å². The molecule has 0 aliphatic carbocycles. The first-order valence-corrected chi connectivity index (χ1v) is 9.62. The molecule has 0 aromatic heterocycles. The number of amides is 2. The van der Waals surface area contributed by atoms with Crippen LogP contribution < -0.4 is 10.5 Å². The van der Waals surface area contributed by atoms with Crippen LogP contribution >= 0.6 is 0 Å². The average molecular weight is 381 g/mol. The van der Waals surface area contributed by atoms with Crippen LogP contribution in [0.1, 0.15) is 29.3 Å². The van der Waals surface area contributed by atoms with Gasteiger partial charge in [0.1, 0.15) is 12.4 Å². The number of nitrogens with zero attached hydrogens (tertiary/aromatic N) is 2. The van der Waals surface area contributed by atoms with Gasteiger partial charge in [-0.15, -0.1) is 0 Å². The molecule has 6 nitrogen and oxygen atoms in total. The van der Waals surface area contributed by atoms with Gasteiger partial charge in [-0.3, -0.25) is 9.59 Å². The molecule has 2 aromatic rings. The highest BCUT2D eigenvalue weighted by Crippen LogP contribution is 2.16. The van der Waals surface area contributed by atoms with Crippen molar-refractivity contribution in [3.8, 4) is 5.75 Å². The highest BCUT2D eigenvalue weighted by atomic mass is 16.5. The van der Waals surface area contributed by atoms with Gasteiger partial charge in [0.25, 0.3) is 5.91 Å². The summed E-state index contributed by atoms with van der Waals surface area (Å²) in [6.07, 6.45) is 0.346. The van der Waals surface area contributed by atoms with Crippen molar-refractivity contribution in [2.75, 3.05) is 26.2 Å². The summed E-state index contributed by atoms with van der Waals surface area (Å²) < 4.78 is 5.77. The van der Waals surface area contributed by atoms with Crippen LogP contribution in [0, 0.1) is 0 Å². The quantitative estimate of drug-likeness (QED) is 0.833. The van der Waals surface area contributed by atoms with Crippen molar-refractivity contribution in [3.05, 3.63) is 65.7 Å². The van der Waals surface area contributed by atoms with E-state index >= 15 is 0 Å². The second kappa shape index (κ2) is 9.37. The predicted molar refractivity (Wildman–Crippen MR) is 108 cm³/mol. The standard InChI is InChI=1S/C22H27N3O3/c1-17(23)15-21(26)24-11-13-25(14-12-24)22(27)19-7-9-20(10-8-19)28-16-18-5-3-2-4-6-18/h2-10,17H,11-16,23H2,1H3. The van der Waals surface area contributed by atoms with E-state index in [-0.39, 0.29) is 17.9 Å². The zero-order valence-electron chi connectivity index (χ0n) is 16.2. The summed E-state index contributed by atoms with van der Waals surface area (Å²) in [7, 11) is 0. The first-order valence-electron chi connectivity index (χ1n) is 9.62.